The van der Waals surface area contributed by atoms with E-state index in [4.69, 9.17) is 19.3 Å². The molecular formula is C52H50F8N16O7P+. The molecule has 8 N–H and O–H groups in total. The highest BCUT2D eigenvalue weighted by atomic mass is 31.1. The summed E-state index contributed by atoms with van der Waals surface area (Å²) in [5.41, 5.74) is -2.27. The van der Waals surface area contributed by atoms with Gasteiger partial charge in [0.2, 0.25) is 11.9 Å². The maximum absolute atomic E-state index is 15.5. The Morgan fingerprint density at radius 2 is 0.964 bits per heavy atom. The molecule has 0 saturated carbocycles. The number of carbonyl (C=O) groups is 2. The van der Waals surface area contributed by atoms with E-state index >= 15 is 8.78 Å². The number of alkyl halides is 6. The lowest BCUT2D eigenvalue weighted by molar-refractivity contribution is -0.138. The van der Waals surface area contributed by atoms with Gasteiger partial charge in [-0.05, 0) is 85.3 Å². The standard InChI is InChI=1S/C52H49F8N16O7P/c1-61-47(79)43-41(13-11-37(67-43)31-21-65-75(25-31)15-3-5-17-77)69-45-33(51(55,56)57)23-63-49(73-45)71-39-9-7-29(19-35(39)53)27-82-84(81)83-28-30-8-10-40(36(54)20-30)72-50-64-24-34(52(58,59)60)46(74-50)70-42-14-12-38(68-44(42)48(80)62-2)32-22-66-76(26-32)16-4-6-18-78/h7-14,19-26,77-78H,3-6,15-18,27-28H2,1-2H3,(H5-,61,62,63,64,69,70,71,72,73,74,79,80)/p+1. The third kappa shape index (κ3) is 15.7. The van der Waals surface area contributed by atoms with E-state index in [1.807, 2.05) is 0 Å². The van der Waals surface area contributed by atoms with Crippen LogP contribution >= 0.6 is 8.25 Å². The van der Waals surface area contributed by atoms with Crippen molar-refractivity contribution >= 4 is 66.4 Å². The molecule has 0 spiro atoms. The van der Waals surface area contributed by atoms with Crippen molar-refractivity contribution in [1.82, 2.24) is 60.1 Å². The number of hydrogen-bond acceptors (Lipinski definition) is 19. The Morgan fingerprint density at radius 1 is 0.560 bits per heavy atom. The molecule has 2 aromatic carbocycles. The topological polar surface area (TPSA) is 295 Å². The van der Waals surface area contributed by atoms with Crippen LogP contribution in [0.25, 0.3) is 22.5 Å². The number of carbonyl (C=O) groups excluding carboxylic acids is 2. The molecule has 84 heavy (non-hydrogen) atoms. The van der Waals surface area contributed by atoms with E-state index in [0.717, 1.165) is 12.1 Å². The van der Waals surface area contributed by atoms with E-state index in [1.54, 1.807) is 21.8 Å². The van der Waals surface area contributed by atoms with E-state index in [0.29, 0.717) is 62.3 Å². The SMILES string of the molecule is CNC(=O)c1nc(-c2cnn(CCCCO)c2)ccc1Nc1nc(Nc2ccc(CO[P+](=O)OCc3ccc(Nc4ncc(C(F)(F)F)c(Nc5ccc(-c6cnn(CCCCO)c6)nc5C(=O)NC)n4)c(F)c3)cc2F)ncc1C(F)(F)F. The first-order valence-corrected chi connectivity index (χ1v) is 26.3. The highest BCUT2D eigenvalue weighted by Crippen LogP contribution is 2.39. The lowest BCUT2D eigenvalue weighted by atomic mass is 10.1. The smallest absolute Gasteiger partial charge is 0.396 e. The number of nitrogens with zero attached hydrogens (tertiary/aromatic N) is 10. The molecule has 8 aromatic rings. The summed E-state index contributed by atoms with van der Waals surface area (Å²) in [7, 11) is -0.294. The van der Waals surface area contributed by atoms with Crippen LogP contribution in [0.5, 0.6) is 0 Å². The number of pyridine rings is 2. The number of hydrogen-bond donors (Lipinski definition) is 8. The van der Waals surface area contributed by atoms with Gasteiger partial charge in [-0.15, -0.1) is 9.05 Å². The van der Waals surface area contributed by atoms with Crippen molar-refractivity contribution in [1.29, 1.82) is 0 Å². The van der Waals surface area contributed by atoms with Gasteiger partial charge >= 0.3 is 20.6 Å². The first-order valence-electron chi connectivity index (χ1n) is 25.2. The molecular weight excluding hydrogens is 1140 g/mol. The second kappa shape index (κ2) is 27.3. The number of benzene rings is 2. The zero-order valence-corrected chi connectivity index (χ0v) is 45.1. The molecule has 0 atom stereocenters. The predicted octanol–water partition coefficient (Wildman–Crippen LogP) is 9.73. The van der Waals surface area contributed by atoms with Crippen LogP contribution in [0.1, 0.15) is 68.9 Å². The van der Waals surface area contributed by atoms with Crippen LogP contribution in [0.3, 0.4) is 0 Å². The van der Waals surface area contributed by atoms with Crippen molar-refractivity contribution in [3.63, 3.8) is 0 Å². The number of halogens is 8. The molecule has 440 valence electrons. The molecule has 8 rings (SSSR count). The van der Waals surface area contributed by atoms with Gasteiger partial charge < -0.3 is 42.1 Å². The summed E-state index contributed by atoms with van der Waals surface area (Å²) in [6, 6.07) is 12.6. The van der Waals surface area contributed by atoms with Gasteiger partial charge in [0.1, 0.15) is 47.6 Å². The highest BCUT2D eigenvalue weighted by molar-refractivity contribution is 7.33. The number of aliphatic hydroxyl groups excluding tert-OH is 2. The summed E-state index contributed by atoms with van der Waals surface area (Å²) in [6.07, 6.45) is -0.312. The summed E-state index contributed by atoms with van der Waals surface area (Å²) >= 11 is 0. The van der Waals surface area contributed by atoms with Crippen LogP contribution in [0.4, 0.5) is 81.4 Å². The quantitative estimate of drug-likeness (QED) is 0.0142. The maximum atomic E-state index is 15.5. The first-order chi connectivity index (χ1) is 40.2. The molecule has 0 unspecified atom stereocenters. The predicted molar refractivity (Wildman–Crippen MR) is 288 cm³/mol. The van der Waals surface area contributed by atoms with Gasteiger partial charge in [-0.1, -0.05) is 12.1 Å². The lowest BCUT2D eigenvalue weighted by Gasteiger charge is -2.17. The van der Waals surface area contributed by atoms with Crippen molar-refractivity contribution in [3.05, 3.63) is 143 Å². The van der Waals surface area contributed by atoms with Crippen LogP contribution < -0.4 is 31.9 Å². The summed E-state index contributed by atoms with van der Waals surface area (Å²) in [4.78, 5) is 50.0. The molecule has 6 aromatic heterocycles. The molecule has 0 aliphatic heterocycles. The third-order valence-electron chi connectivity index (χ3n) is 12.1. The third-order valence-corrected chi connectivity index (χ3v) is 12.7. The number of anilines is 8. The van der Waals surface area contributed by atoms with Crippen molar-refractivity contribution in [2.45, 2.75) is 64.3 Å². The molecule has 0 fully saturated rings. The monoisotopic (exact) mass is 1190 g/mol. The molecule has 0 radical (unpaired) electrons. The Balaban J connectivity index is 0.879. The first kappa shape index (κ1) is 60.9. The Bertz CT molecular complexity index is 3430. The van der Waals surface area contributed by atoms with Crippen molar-refractivity contribution < 1.29 is 68.5 Å². The van der Waals surface area contributed by atoms with Crippen LogP contribution in [0.15, 0.2) is 97.8 Å². The van der Waals surface area contributed by atoms with Crippen molar-refractivity contribution in [2.24, 2.45) is 0 Å². The summed E-state index contributed by atoms with van der Waals surface area (Å²) in [5.74, 6) is -5.97. The number of aromatic nitrogens is 10. The van der Waals surface area contributed by atoms with Crippen LogP contribution in [0.2, 0.25) is 0 Å². The van der Waals surface area contributed by atoms with Gasteiger partial charge in [-0.3, -0.25) is 19.0 Å². The molecule has 0 bridgehead atoms. The second-order valence-electron chi connectivity index (χ2n) is 18.0. The number of aryl methyl sites for hydroxylation is 2. The molecule has 0 saturated heterocycles. The average molecular weight is 1190 g/mol. The number of unbranched alkanes of at least 4 members (excludes halogenated alkanes) is 2. The Kier molecular flexibility index (Phi) is 19.8. The zero-order valence-electron chi connectivity index (χ0n) is 44.2. The minimum absolute atomic E-state index is 0.0143. The van der Waals surface area contributed by atoms with Gasteiger partial charge in [0.15, 0.2) is 11.4 Å². The van der Waals surface area contributed by atoms with Gasteiger partial charge in [0.05, 0.1) is 46.5 Å². The number of aliphatic hydroxyl groups is 2. The lowest BCUT2D eigenvalue weighted by Crippen LogP contribution is -2.21. The minimum atomic E-state index is -4.99. The van der Waals surface area contributed by atoms with Gasteiger partial charge in [0, 0.05) is 80.9 Å². The van der Waals surface area contributed by atoms with E-state index in [1.165, 1.54) is 75.0 Å². The normalized spacial score (nSPS) is 11.6. The van der Waals surface area contributed by atoms with Gasteiger partial charge in [0.25, 0.3) is 11.8 Å². The molecule has 23 nitrogen and oxygen atoms in total. The van der Waals surface area contributed by atoms with Crippen LogP contribution in [-0.2, 0) is 52.3 Å². The fraction of sp³-hybridized carbons (Fsp3) is 0.269. The van der Waals surface area contributed by atoms with E-state index < -0.39 is 91.9 Å². The molecule has 6 heterocycles. The van der Waals surface area contributed by atoms with Crippen molar-refractivity contribution in [3.8, 4) is 22.5 Å². The Hall–Kier alpha value is -9.16. The number of amides is 2. The van der Waals surface area contributed by atoms with E-state index in [-0.39, 0.29) is 69.9 Å². The van der Waals surface area contributed by atoms with Gasteiger partial charge in [-0.2, -0.15) is 46.5 Å². The van der Waals surface area contributed by atoms with Crippen LogP contribution in [0, 0.1) is 11.6 Å². The number of rotatable bonds is 26. The van der Waals surface area contributed by atoms with E-state index in [2.05, 4.69) is 72.0 Å². The summed E-state index contributed by atoms with van der Waals surface area (Å²) < 4.78 is 143. The zero-order chi connectivity index (χ0) is 60.1. The van der Waals surface area contributed by atoms with Crippen LogP contribution in [-0.4, -0.2) is 98.8 Å². The molecule has 2 amide bonds. The fourth-order valence-electron chi connectivity index (χ4n) is 7.81. The second-order valence-corrected chi connectivity index (χ2v) is 19.0. The largest absolute Gasteiger partial charge is 0.698 e. The van der Waals surface area contributed by atoms with Gasteiger partial charge in [-0.25, -0.2) is 28.7 Å². The number of nitrogens with one attached hydrogen (secondary N) is 6. The average Bonchev–Trinajstić information content (AvgIpc) is 2.08. The summed E-state index contributed by atoms with van der Waals surface area (Å²) in [5, 5.41) is 41.5. The fourth-order valence-corrected chi connectivity index (χ4v) is 8.39. The minimum Gasteiger partial charge on any atom is -0.396 e. The highest BCUT2D eigenvalue weighted by Gasteiger charge is 2.37. The molecule has 0 aliphatic carbocycles. The maximum Gasteiger partial charge on any atom is 0.698 e. The van der Waals surface area contributed by atoms with Crippen molar-refractivity contribution in [2.75, 3.05) is 48.6 Å². The Morgan fingerprint density at radius 3 is 1.33 bits per heavy atom. The van der Waals surface area contributed by atoms with E-state index in [9.17, 15) is 40.5 Å². The summed E-state index contributed by atoms with van der Waals surface area (Å²) in [6.45, 7) is 0.0811. The molecule has 0 aliphatic rings. The Labute approximate surface area is 472 Å². The molecule has 32 heteroatoms.